The van der Waals surface area contributed by atoms with Gasteiger partial charge in [0.1, 0.15) is 0 Å². The third-order valence-electron chi connectivity index (χ3n) is 4.00. The topological polar surface area (TPSA) is 23.5 Å². The van der Waals surface area contributed by atoms with Gasteiger partial charge in [0, 0.05) is 12.6 Å². The molecule has 0 amide bonds. The van der Waals surface area contributed by atoms with Gasteiger partial charge in [-0.3, -0.25) is 4.90 Å². The Morgan fingerprint density at radius 3 is 2.27 bits per heavy atom. The Bertz CT molecular complexity index is 173. The van der Waals surface area contributed by atoms with Crippen LogP contribution in [0.15, 0.2) is 0 Å². The van der Waals surface area contributed by atoms with Gasteiger partial charge in [0.2, 0.25) is 0 Å². The predicted octanol–water partition coefficient (Wildman–Crippen LogP) is 2.41. The summed E-state index contributed by atoms with van der Waals surface area (Å²) < 4.78 is 0. The fourth-order valence-corrected chi connectivity index (χ4v) is 2.81. The van der Waals surface area contributed by atoms with Crippen LogP contribution in [-0.2, 0) is 0 Å². The maximum Gasteiger partial charge on any atom is 0.0558 e. The highest BCUT2D eigenvalue weighted by molar-refractivity contribution is 4.79. The highest BCUT2D eigenvalue weighted by Gasteiger charge is 2.25. The lowest BCUT2D eigenvalue weighted by Gasteiger charge is -2.34. The highest BCUT2D eigenvalue weighted by atomic mass is 16.3. The Hall–Kier alpha value is -0.0800. The zero-order chi connectivity index (χ0) is 10.5. The number of nitrogens with zero attached hydrogens (tertiary/aromatic N) is 1. The Balaban J connectivity index is 1.74. The number of rotatable bonds is 6. The first kappa shape index (κ1) is 11.4. The molecule has 2 heteroatoms. The van der Waals surface area contributed by atoms with E-state index in [1.807, 2.05) is 0 Å². The van der Waals surface area contributed by atoms with Gasteiger partial charge in [-0.2, -0.15) is 0 Å². The van der Waals surface area contributed by atoms with Crippen molar-refractivity contribution in [2.45, 2.75) is 57.4 Å². The molecule has 2 fully saturated rings. The van der Waals surface area contributed by atoms with Gasteiger partial charge in [0.05, 0.1) is 6.61 Å². The van der Waals surface area contributed by atoms with Crippen LogP contribution in [0.25, 0.3) is 0 Å². The van der Waals surface area contributed by atoms with E-state index in [1.165, 1.54) is 57.9 Å². The maximum absolute atomic E-state index is 9.11. The minimum Gasteiger partial charge on any atom is -0.395 e. The van der Waals surface area contributed by atoms with E-state index in [1.54, 1.807) is 0 Å². The molecule has 0 unspecified atom stereocenters. The van der Waals surface area contributed by atoms with Crippen molar-refractivity contribution in [3.8, 4) is 0 Å². The zero-order valence-electron chi connectivity index (χ0n) is 9.83. The van der Waals surface area contributed by atoms with Crippen LogP contribution in [0.5, 0.6) is 0 Å². The van der Waals surface area contributed by atoms with Crippen molar-refractivity contribution in [2.24, 2.45) is 5.92 Å². The molecule has 0 heterocycles. The van der Waals surface area contributed by atoms with E-state index in [-0.39, 0.29) is 0 Å². The summed E-state index contributed by atoms with van der Waals surface area (Å²) in [5, 5.41) is 9.11. The van der Waals surface area contributed by atoms with E-state index in [2.05, 4.69) is 4.90 Å². The summed E-state index contributed by atoms with van der Waals surface area (Å²) in [6.07, 6.45) is 11.2. The van der Waals surface area contributed by atoms with Gasteiger partial charge < -0.3 is 5.11 Å². The molecule has 1 N–H and O–H groups in total. The number of aliphatic hydroxyl groups is 1. The minimum absolute atomic E-state index is 0.334. The molecular weight excluding hydrogens is 186 g/mol. The SMILES string of the molecule is OCCN(CCC1CC1)C1CCCCC1. The van der Waals surface area contributed by atoms with Gasteiger partial charge in [-0.25, -0.2) is 0 Å². The van der Waals surface area contributed by atoms with Gasteiger partial charge >= 0.3 is 0 Å². The lowest BCUT2D eigenvalue weighted by molar-refractivity contribution is 0.121. The van der Waals surface area contributed by atoms with E-state index in [4.69, 9.17) is 5.11 Å². The molecule has 2 aliphatic carbocycles. The first-order valence-corrected chi connectivity index (χ1v) is 6.75. The van der Waals surface area contributed by atoms with Gasteiger partial charge in [-0.15, -0.1) is 0 Å². The van der Waals surface area contributed by atoms with Crippen molar-refractivity contribution < 1.29 is 5.11 Å². The minimum atomic E-state index is 0.334. The standard InChI is InChI=1S/C13H25NO/c15-11-10-14(9-8-12-6-7-12)13-4-2-1-3-5-13/h12-13,15H,1-11H2. The van der Waals surface area contributed by atoms with Crippen LogP contribution < -0.4 is 0 Å². The van der Waals surface area contributed by atoms with Gasteiger partial charge in [0.25, 0.3) is 0 Å². The number of aliphatic hydroxyl groups excluding tert-OH is 1. The molecule has 0 aromatic rings. The van der Waals surface area contributed by atoms with Crippen LogP contribution in [0.3, 0.4) is 0 Å². The van der Waals surface area contributed by atoms with Gasteiger partial charge in [-0.05, 0) is 31.7 Å². The molecule has 2 aliphatic rings. The summed E-state index contributed by atoms with van der Waals surface area (Å²) >= 11 is 0. The molecule has 0 aliphatic heterocycles. The fourth-order valence-electron chi connectivity index (χ4n) is 2.81. The van der Waals surface area contributed by atoms with Crippen LogP contribution in [-0.4, -0.2) is 35.7 Å². The lowest BCUT2D eigenvalue weighted by Crippen LogP contribution is -2.39. The molecule has 2 rings (SSSR count). The summed E-state index contributed by atoms with van der Waals surface area (Å²) in [7, 11) is 0. The molecule has 0 radical (unpaired) electrons. The molecule has 15 heavy (non-hydrogen) atoms. The molecule has 0 atom stereocenters. The summed E-state index contributed by atoms with van der Waals surface area (Å²) in [6, 6.07) is 0.782. The molecule has 0 bridgehead atoms. The second-order valence-electron chi connectivity index (χ2n) is 5.28. The average molecular weight is 211 g/mol. The third kappa shape index (κ3) is 3.76. The molecule has 0 spiro atoms. The normalized spacial score (nSPS) is 23.6. The molecule has 0 saturated heterocycles. The first-order chi connectivity index (χ1) is 7.40. The quantitative estimate of drug-likeness (QED) is 0.729. The van der Waals surface area contributed by atoms with Crippen LogP contribution in [0.1, 0.15) is 51.4 Å². The van der Waals surface area contributed by atoms with Crippen LogP contribution in [0.2, 0.25) is 0 Å². The molecule has 88 valence electrons. The Morgan fingerprint density at radius 2 is 1.67 bits per heavy atom. The second-order valence-corrected chi connectivity index (χ2v) is 5.28. The monoisotopic (exact) mass is 211 g/mol. The van der Waals surface area contributed by atoms with Gasteiger partial charge in [-0.1, -0.05) is 32.1 Å². The van der Waals surface area contributed by atoms with Crippen molar-refractivity contribution >= 4 is 0 Å². The van der Waals surface area contributed by atoms with E-state index in [0.717, 1.165) is 18.5 Å². The Kier molecular flexibility index (Phi) is 4.45. The van der Waals surface area contributed by atoms with Crippen molar-refractivity contribution in [1.82, 2.24) is 4.90 Å². The van der Waals surface area contributed by atoms with E-state index in [9.17, 15) is 0 Å². The Morgan fingerprint density at radius 1 is 0.933 bits per heavy atom. The van der Waals surface area contributed by atoms with Crippen LogP contribution in [0, 0.1) is 5.92 Å². The van der Waals surface area contributed by atoms with Crippen molar-refractivity contribution in [1.29, 1.82) is 0 Å². The van der Waals surface area contributed by atoms with E-state index < -0.39 is 0 Å². The van der Waals surface area contributed by atoms with E-state index >= 15 is 0 Å². The molecule has 2 nitrogen and oxygen atoms in total. The molecule has 0 aromatic carbocycles. The van der Waals surface area contributed by atoms with Crippen molar-refractivity contribution in [3.05, 3.63) is 0 Å². The summed E-state index contributed by atoms with van der Waals surface area (Å²) in [4.78, 5) is 2.55. The Labute approximate surface area is 93.7 Å². The van der Waals surface area contributed by atoms with Crippen molar-refractivity contribution in [2.75, 3.05) is 19.7 Å². The van der Waals surface area contributed by atoms with E-state index in [0.29, 0.717) is 6.61 Å². The maximum atomic E-state index is 9.11. The zero-order valence-corrected chi connectivity index (χ0v) is 9.83. The summed E-state index contributed by atoms with van der Waals surface area (Å²) in [6.45, 7) is 2.47. The third-order valence-corrected chi connectivity index (χ3v) is 4.00. The average Bonchev–Trinajstić information content (AvgIpc) is 3.09. The molecule has 2 saturated carbocycles. The lowest BCUT2D eigenvalue weighted by atomic mass is 9.94. The smallest absolute Gasteiger partial charge is 0.0558 e. The number of hydrogen-bond acceptors (Lipinski definition) is 2. The number of hydrogen-bond donors (Lipinski definition) is 1. The summed E-state index contributed by atoms with van der Waals surface area (Å²) in [5.74, 6) is 1.02. The predicted molar refractivity (Wildman–Crippen MR) is 62.9 cm³/mol. The molecule has 0 aromatic heterocycles. The van der Waals surface area contributed by atoms with Crippen LogP contribution in [0.4, 0.5) is 0 Å². The fraction of sp³-hybridized carbons (Fsp3) is 1.00. The highest BCUT2D eigenvalue weighted by Crippen LogP contribution is 2.33. The second kappa shape index (κ2) is 5.86. The molecular formula is C13H25NO. The summed E-state index contributed by atoms with van der Waals surface area (Å²) in [5.41, 5.74) is 0. The first-order valence-electron chi connectivity index (χ1n) is 6.75. The van der Waals surface area contributed by atoms with Crippen LogP contribution >= 0.6 is 0 Å². The van der Waals surface area contributed by atoms with Gasteiger partial charge in [0.15, 0.2) is 0 Å². The largest absolute Gasteiger partial charge is 0.395 e. The van der Waals surface area contributed by atoms with Crippen molar-refractivity contribution in [3.63, 3.8) is 0 Å².